The van der Waals surface area contributed by atoms with Gasteiger partial charge in [-0.25, -0.2) is 4.79 Å². The van der Waals surface area contributed by atoms with Gasteiger partial charge in [0.05, 0.1) is 24.8 Å². The minimum absolute atomic E-state index is 0.0127. The standard InChI is InChI=1S/C29H27N3O6/c1-37-25-12-11-20(18-32-27(34)22-9-5-6-10-23(22)28(32)35)17-24(25)29(36)38-19-26(33)31-15-13-30(14-16-31)21-7-3-2-4-8-21/h2-12,17H,13-16,18-19H2,1H3. The highest BCUT2D eigenvalue weighted by molar-refractivity contribution is 6.21. The summed E-state index contributed by atoms with van der Waals surface area (Å²) in [6, 6.07) is 21.4. The number of benzene rings is 3. The molecule has 9 heteroatoms. The van der Waals surface area contributed by atoms with E-state index in [1.165, 1.54) is 13.2 Å². The second kappa shape index (κ2) is 10.8. The summed E-state index contributed by atoms with van der Waals surface area (Å²) in [5, 5.41) is 0. The van der Waals surface area contributed by atoms with Crippen molar-refractivity contribution >= 4 is 29.4 Å². The molecule has 0 unspecified atom stereocenters. The summed E-state index contributed by atoms with van der Waals surface area (Å²) in [5.41, 5.74) is 2.49. The summed E-state index contributed by atoms with van der Waals surface area (Å²) in [5.74, 6) is -1.49. The van der Waals surface area contributed by atoms with Gasteiger partial charge in [-0.05, 0) is 42.0 Å². The van der Waals surface area contributed by atoms with Crippen molar-refractivity contribution in [3.05, 3.63) is 95.1 Å². The number of hydrogen-bond donors (Lipinski definition) is 0. The Bertz CT molecular complexity index is 1350. The van der Waals surface area contributed by atoms with E-state index in [0.717, 1.165) is 10.6 Å². The van der Waals surface area contributed by atoms with Crippen LogP contribution < -0.4 is 9.64 Å². The van der Waals surface area contributed by atoms with E-state index in [2.05, 4.69) is 4.90 Å². The molecule has 3 aromatic carbocycles. The highest BCUT2D eigenvalue weighted by atomic mass is 16.5. The first-order valence-corrected chi connectivity index (χ1v) is 12.3. The Morgan fingerprint density at radius 3 is 2.08 bits per heavy atom. The Balaban J connectivity index is 1.20. The smallest absolute Gasteiger partial charge is 0.342 e. The summed E-state index contributed by atoms with van der Waals surface area (Å²) in [4.78, 5) is 56.1. The van der Waals surface area contributed by atoms with Crippen LogP contribution in [0.1, 0.15) is 36.6 Å². The van der Waals surface area contributed by atoms with Crippen LogP contribution in [0.5, 0.6) is 5.75 Å². The molecule has 9 nitrogen and oxygen atoms in total. The van der Waals surface area contributed by atoms with Gasteiger partial charge < -0.3 is 19.3 Å². The lowest BCUT2D eigenvalue weighted by atomic mass is 10.1. The molecule has 2 aliphatic heterocycles. The summed E-state index contributed by atoms with van der Waals surface area (Å²) >= 11 is 0. The molecular formula is C29H27N3O6. The van der Waals surface area contributed by atoms with Gasteiger partial charge in [0.25, 0.3) is 17.7 Å². The van der Waals surface area contributed by atoms with Gasteiger partial charge in [0, 0.05) is 31.9 Å². The van der Waals surface area contributed by atoms with Gasteiger partial charge in [-0.15, -0.1) is 0 Å². The lowest BCUT2D eigenvalue weighted by molar-refractivity contribution is -0.134. The minimum Gasteiger partial charge on any atom is -0.496 e. The van der Waals surface area contributed by atoms with Crippen LogP contribution in [-0.2, 0) is 16.1 Å². The first-order valence-electron chi connectivity index (χ1n) is 12.3. The maximum absolute atomic E-state index is 12.9. The Kier molecular flexibility index (Phi) is 7.08. The summed E-state index contributed by atoms with van der Waals surface area (Å²) in [7, 11) is 1.42. The molecule has 0 spiro atoms. The van der Waals surface area contributed by atoms with Gasteiger partial charge in [0.15, 0.2) is 6.61 Å². The zero-order valence-corrected chi connectivity index (χ0v) is 21.0. The Hall–Kier alpha value is -4.66. The SMILES string of the molecule is COc1ccc(CN2C(=O)c3ccccc3C2=O)cc1C(=O)OCC(=O)N1CCN(c2ccccc2)CC1. The van der Waals surface area contributed by atoms with Gasteiger partial charge >= 0.3 is 5.97 Å². The molecule has 3 aromatic rings. The third kappa shape index (κ3) is 4.95. The number of carbonyl (C=O) groups excluding carboxylic acids is 4. The number of rotatable bonds is 7. The third-order valence-corrected chi connectivity index (χ3v) is 6.78. The molecule has 38 heavy (non-hydrogen) atoms. The number of esters is 1. The predicted molar refractivity (Wildman–Crippen MR) is 139 cm³/mol. The van der Waals surface area contributed by atoms with Crippen molar-refractivity contribution in [2.24, 2.45) is 0 Å². The summed E-state index contributed by atoms with van der Waals surface area (Å²) in [6.07, 6.45) is 0. The predicted octanol–water partition coefficient (Wildman–Crippen LogP) is 3.00. The van der Waals surface area contributed by atoms with Gasteiger partial charge in [0.1, 0.15) is 11.3 Å². The fraction of sp³-hybridized carbons (Fsp3) is 0.241. The lowest BCUT2D eigenvalue weighted by Crippen LogP contribution is -2.49. The topological polar surface area (TPSA) is 96.5 Å². The largest absolute Gasteiger partial charge is 0.496 e. The van der Waals surface area contributed by atoms with E-state index in [1.807, 2.05) is 30.3 Å². The van der Waals surface area contributed by atoms with Crippen molar-refractivity contribution in [2.75, 3.05) is 44.8 Å². The van der Waals surface area contributed by atoms with Gasteiger partial charge in [-0.3, -0.25) is 19.3 Å². The number of nitrogens with zero attached hydrogens (tertiary/aromatic N) is 3. The zero-order chi connectivity index (χ0) is 26.6. The van der Waals surface area contributed by atoms with E-state index in [0.29, 0.717) is 42.9 Å². The summed E-state index contributed by atoms with van der Waals surface area (Å²) in [6.45, 7) is 2.04. The van der Waals surface area contributed by atoms with Crippen LogP contribution in [0.15, 0.2) is 72.8 Å². The van der Waals surface area contributed by atoms with Crippen molar-refractivity contribution in [2.45, 2.75) is 6.54 Å². The highest BCUT2D eigenvalue weighted by Gasteiger charge is 2.35. The van der Waals surface area contributed by atoms with Crippen LogP contribution >= 0.6 is 0 Å². The lowest BCUT2D eigenvalue weighted by Gasteiger charge is -2.36. The number of amides is 3. The highest BCUT2D eigenvalue weighted by Crippen LogP contribution is 2.27. The quantitative estimate of drug-likeness (QED) is 0.354. The third-order valence-electron chi connectivity index (χ3n) is 6.78. The van der Waals surface area contributed by atoms with Crippen LogP contribution in [0.4, 0.5) is 5.69 Å². The molecule has 194 valence electrons. The molecule has 0 radical (unpaired) electrons. The number of piperazine rings is 1. The number of carbonyl (C=O) groups is 4. The maximum atomic E-state index is 12.9. The number of anilines is 1. The summed E-state index contributed by atoms with van der Waals surface area (Å²) < 4.78 is 10.7. The molecule has 0 aliphatic carbocycles. The normalized spacial score (nSPS) is 14.9. The molecule has 5 rings (SSSR count). The van der Waals surface area contributed by atoms with E-state index in [9.17, 15) is 19.2 Å². The molecule has 0 bridgehead atoms. The number of ether oxygens (including phenoxy) is 2. The van der Waals surface area contributed by atoms with Crippen LogP contribution in [0.3, 0.4) is 0 Å². The number of imide groups is 1. The van der Waals surface area contributed by atoms with E-state index < -0.39 is 12.6 Å². The molecule has 0 saturated carbocycles. The minimum atomic E-state index is -0.720. The van der Waals surface area contributed by atoms with Gasteiger partial charge in [-0.2, -0.15) is 0 Å². The van der Waals surface area contributed by atoms with Crippen LogP contribution in [0, 0.1) is 0 Å². The Morgan fingerprint density at radius 2 is 1.45 bits per heavy atom. The molecule has 0 atom stereocenters. The zero-order valence-electron chi connectivity index (χ0n) is 21.0. The average molecular weight is 514 g/mol. The molecule has 0 aromatic heterocycles. The van der Waals surface area contributed by atoms with Gasteiger partial charge in [-0.1, -0.05) is 36.4 Å². The number of hydrogen-bond acceptors (Lipinski definition) is 7. The van der Waals surface area contributed by atoms with E-state index in [4.69, 9.17) is 9.47 Å². The second-order valence-corrected chi connectivity index (χ2v) is 9.06. The van der Waals surface area contributed by atoms with E-state index in [-0.39, 0.29) is 35.6 Å². The Morgan fingerprint density at radius 1 is 0.816 bits per heavy atom. The van der Waals surface area contributed by atoms with Crippen LogP contribution in [-0.4, -0.2) is 73.4 Å². The molecular weight excluding hydrogens is 486 g/mol. The van der Waals surface area contributed by atoms with Crippen molar-refractivity contribution in [1.29, 1.82) is 0 Å². The molecule has 3 amide bonds. The van der Waals surface area contributed by atoms with Crippen molar-refractivity contribution in [3.8, 4) is 5.75 Å². The van der Waals surface area contributed by atoms with Crippen LogP contribution in [0.25, 0.3) is 0 Å². The fourth-order valence-corrected chi connectivity index (χ4v) is 4.73. The van der Waals surface area contributed by atoms with Crippen molar-refractivity contribution in [1.82, 2.24) is 9.80 Å². The number of methoxy groups -OCH3 is 1. The Labute approximate surface area is 220 Å². The first-order chi connectivity index (χ1) is 18.5. The second-order valence-electron chi connectivity index (χ2n) is 9.06. The van der Waals surface area contributed by atoms with Gasteiger partial charge in [0.2, 0.25) is 0 Å². The van der Waals surface area contributed by atoms with Crippen molar-refractivity contribution in [3.63, 3.8) is 0 Å². The molecule has 0 N–H and O–H groups in total. The molecule has 1 saturated heterocycles. The fourth-order valence-electron chi connectivity index (χ4n) is 4.73. The van der Waals surface area contributed by atoms with Crippen molar-refractivity contribution < 1.29 is 28.7 Å². The van der Waals surface area contributed by atoms with E-state index in [1.54, 1.807) is 41.3 Å². The first kappa shape index (κ1) is 25.0. The monoisotopic (exact) mass is 513 g/mol. The number of para-hydroxylation sites is 1. The average Bonchev–Trinajstić information content (AvgIpc) is 3.21. The maximum Gasteiger partial charge on any atom is 0.342 e. The van der Waals surface area contributed by atoms with Crippen LogP contribution in [0.2, 0.25) is 0 Å². The molecule has 2 heterocycles. The number of fused-ring (bicyclic) bond motifs is 1. The van der Waals surface area contributed by atoms with E-state index >= 15 is 0 Å². The molecule has 1 fully saturated rings. The molecule has 2 aliphatic rings.